The molecular weight excluding hydrogens is 296 g/mol. The predicted octanol–water partition coefficient (Wildman–Crippen LogP) is 1.15. The lowest BCUT2D eigenvalue weighted by atomic mass is 9.94. The van der Waals surface area contributed by atoms with Crippen molar-refractivity contribution >= 4 is 5.91 Å². The summed E-state index contributed by atoms with van der Waals surface area (Å²) in [5, 5.41) is 11.0. The van der Waals surface area contributed by atoms with Crippen LogP contribution in [0.3, 0.4) is 0 Å². The van der Waals surface area contributed by atoms with Crippen LogP contribution in [0.5, 0.6) is 0 Å². The predicted molar refractivity (Wildman–Crippen MR) is 80.6 cm³/mol. The first kappa shape index (κ1) is 14.4. The van der Waals surface area contributed by atoms with Crippen LogP contribution in [0.4, 0.5) is 0 Å². The lowest BCUT2D eigenvalue weighted by Gasteiger charge is -2.30. The molecule has 1 amide bonds. The van der Waals surface area contributed by atoms with Crippen molar-refractivity contribution in [2.45, 2.75) is 44.1 Å². The van der Waals surface area contributed by atoms with Crippen LogP contribution in [0.1, 0.15) is 65.4 Å². The molecule has 8 heteroatoms. The number of nitrogens with one attached hydrogen (secondary N) is 1. The lowest BCUT2D eigenvalue weighted by molar-refractivity contribution is 0.0995. The van der Waals surface area contributed by atoms with Gasteiger partial charge in [-0.2, -0.15) is 10.1 Å². The number of piperidine rings is 1. The smallest absolute Gasteiger partial charge is 0.269 e. The van der Waals surface area contributed by atoms with Gasteiger partial charge >= 0.3 is 0 Å². The quantitative estimate of drug-likeness (QED) is 0.855. The van der Waals surface area contributed by atoms with Crippen LogP contribution in [-0.4, -0.2) is 44.2 Å². The van der Waals surface area contributed by atoms with E-state index in [9.17, 15) is 4.79 Å². The molecule has 2 aromatic rings. The number of likely N-dealkylation sites (tertiary alicyclic amines) is 1. The van der Waals surface area contributed by atoms with Gasteiger partial charge < -0.3 is 10.3 Å². The highest BCUT2D eigenvalue weighted by Gasteiger charge is 2.30. The third kappa shape index (κ3) is 3.12. The number of carbonyl (C=O) groups is 1. The number of aromatic nitrogens is 4. The van der Waals surface area contributed by atoms with Crippen LogP contribution in [-0.2, 0) is 6.54 Å². The topological polar surface area (TPSA) is 114 Å². The molecule has 1 saturated heterocycles. The number of hydrogen-bond donors (Lipinski definition) is 2. The van der Waals surface area contributed by atoms with E-state index in [2.05, 4.69) is 25.2 Å². The monoisotopic (exact) mass is 316 g/mol. The van der Waals surface area contributed by atoms with Crippen LogP contribution in [0.15, 0.2) is 10.6 Å². The van der Waals surface area contributed by atoms with Crippen molar-refractivity contribution in [2.24, 2.45) is 5.73 Å². The highest BCUT2D eigenvalue weighted by atomic mass is 16.5. The highest BCUT2D eigenvalue weighted by molar-refractivity contribution is 5.90. The Kier molecular flexibility index (Phi) is 3.60. The molecule has 2 fully saturated rings. The number of H-pyrrole nitrogens is 1. The Hall–Kier alpha value is -2.22. The third-order valence-electron chi connectivity index (χ3n) is 4.58. The minimum Gasteiger partial charge on any atom is -0.364 e. The van der Waals surface area contributed by atoms with Gasteiger partial charge in [-0.15, -0.1) is 0 Å². The number of rotatable bonds is 5. The highest BCUT2D eigenvalue weighted by Crippen LogP contribution is 2.38. The molecule has 2 aliphatic rings. The maximum absolute atomic E-state index is 11.2. The van der Waals surface area contributed by atoms with Gasteiger partial charge in [-0.05, 0) is 38.3 Å². The summed E-state index contributed by atoms with van der Waals surface area (Å²) in [6, 6.07) is 1.76. The Morgan fingerprint density at radius 1 is 1.39 bits per heavy atom. The van der Waals surface area contributed by atoms with Gasteiger partial charge in [0.1, 0.15) is 5.69 Å². The molecule has 3 heterocycles. The largest absolute Gasteiger partial charge is 0.364 e. The van der Waals surface area contributed by atoms with Crippen molar-refractivity contribution in [2.75, 3.05) is 13.1 Å². The lowest BCUT2D eigenvalue weighted by Crippen LogP contribution is -2.34. The molecular formula is C15H20N6O2. The normalized spacial score (nSPS) is 22.3. The molecule has 0 radical (unpaired) electrons. The summed E-state index contributed by atoms with van der Waals surface area (Å²) in [5.41, 5.74) is 6.52. The molecule has 1 atom stereocenters. The van der Waals surface area contributed by atoms with Gasteiger partial charge in [0, 0.05) is 24.1 Å². The van der Waals surface area contributed by atoms with Gasteiger partial charge in [0.25, 0.3) is 5.91 Å². The summed E-state index contributed by atoms with van der Waals surface area (Å²) in [6.45, 7) is 2.56. The zero-order valence-corrected chi connectivity index (χ0v) is 12.9. The minimum atomic E-state index is -0.501. The number of primary amides is 1. The van der Waals surface area contributed by atoms with Gasteiger partial charge in [-0.3, -0.25) is 14.8 Å². The van der Waals surface area contributed by atoms with Gasteiger partial charge in [-0.25, -0.2) is 0 Å². The first-order valence-corrected chi connectivity index (χ1v) is 8.09. The van der Waals surface area contributed by atoms with E-state index >= 15 is 0 Å². The van der Waals surface area contributed by atoms with Crippen LogP contribution in [0, 0.1) is 0 Å². The average Bonchev–Trinajstić information content (AvgIpc) is 3.09. The van der Waals surface area contributed by atoms with E-state index < -0.39 is 5.91 Å². The molecule has 1 aliphatic heterocycles. The molecule has 0 unspecified atom stereocenters. The fourth-order valence-electron chi connectivity index (χ4n) is 3.16. The number of amides is 1. The molecule has 8 nitrogen and oxygen atoms in total. The van der Waals surface area contributed by atoms with E-state index in [1.165, 1.54) is 12.8 Å². The Balaban J connectivity index is 1.40. The Bertz CT molecular complexity index is 704. The second kappa shape index (κ2) is 5.77. The Labute approximate surface area is 133 Å². The van der Waals surface area contributed by atoms with E-state index in [4.69, 9.17) is 10.3 Å². The Morgan fingerprint density at radius 3 is 3.00 bits per heavy atom. The van der Waals surface area contributed by atoms with Crippen LogP contribution in [0.25, 0.3) is 0 Å². The van der Waals surface area contributed by atoms with E-state index in [0.29, 0.717) is 30.0 Å². The SMILES string of the molecule is NC(=O)c1cc([C@@H]2CCCN(Cc3nc(C4CC4)no3)C2)[nH]n1. The van der Waals surface area contributed by atoms with Crippen molar-refractivity contribution in [1.29, 1.82) is 0 Å². The van der Waals surface area contributed by atoms with Crippen molar-refractivity contribution in [1.82, 2.24) is 25.2 Å². The van der Waals surface area contributed by atoms with Gasteiger partial charge in [-0.1, -0.05) is 5.16 Å². The average molecular weight is 316 g/mol. The van der Waals surface area contributed by atoms with Gasteiger partial charge in [0.2, 0.25) is 5.89 Å². The first-order chi connectivity index (χ1) is 11.2. The van der Waals surface area contributed by atoms with Crippen molar-refractivity contribution < 1.29 is 9.32 Å². The van der Waals surface area contributed by atoms with Gasteiger partial charge in [0.05, 0.1) is 6.54 Å². The number of nitrogens with two attached hydrogens (primary N) is 1. The van der Waals surface area contributed by atoms with Crippen LogP contribution < -0.4 is 5.73 Å². The molecule has 0 bridgehead atoms. The number of aromatic amines is 1. The number of nitrogens with zero attached hydrogens (tertiary/aromatic N) is 4. The number of hydrogen-bond acceptors (Lipinski definition) is 6. The summed E-state index contributed by atoms with van der Waals surface area (Å²) >= 11 is 0. The molecule has 0 spiro atoms. The first-order valence-electron chi connectivity index (χ1n) is 8.09. The maximum atomic E-state index is 11.2. The van der Waals surface area contributed by atoms with Crippen LogP contribution in [0.2, 0.25) is 0 Å². The zero-order valence-electron chi connectivity index (χ0n) is 12.9. The second-order valence-corrected chi connectivity index (χ2v) is 6.47. The molecule has 1 aliphatic carbocycles. The summed E-state index contributed by atoms with van der Waals surface area (Å²) in [4.78, 5) is 18.0. The number of carbonyl (C=O) groups excluding carboxylic acids is 1. The van der Waals surface area contributed by atoms with Crippen molar-refractivity contribution in [3.05, 3.63) is 29.2 Å². The standard InChI is InChI=1S/C15H20N6O2/c16-14(22)12-6-11(18-19-12)10-2-1-5-21(7-10)8-13-17-15(20-23-13)9-3-4-9/h6,9-10H,1-5,7-8H2,(H2,16,22)(H,18,19)/t10-/m1/s1. The molecule has 1 saturated carbocycles. The van der Waals surface area contributed by atoms with Gasteiger partial charge in [0.15, 0.2) is 5.82 Å². The molecule has 23 heavy (non-hydrogen) atoms. The zero-order chi connectivity index (χ0) is 15.8. The van der Waals surface area contributed by atoms with Crippen molar-refractivity contribution in [3.63, 3.8) is 0 Å². The summed E-state index contributed by atoms with van der Waals surface area (Å²) in [5.74, 6) is 1.87. The fourth-order valence-corrected chi connectivity index (χ4v) is 3.16. The summed E-state index contributed by atoms with van der Waals surface area (Å²) < 4.78 is 5.36. The molecule has 0 aromatic carbocycles. The molecule has 3 N–H and O–H groups in total. The Morgan fingerprint density at radius 2 is 2.26 bits per heavy atom. The summed E-state index contributed by atoms with van der Waals surface area (Å²) in [7, 11) is 0. The van der Waals surface area contributed by atoms with Crippen molar-refractivity contribution in [3.8, 4) is 0 Å². The third-order valence-corrected chi connectivity index (χ3v) is 4.58. The van der Waals surface area contributed by atoms with E-state index in [0.717, 1.165) is 37.4 Å². The molecule has 2 aromatic heterocycles. The summed E-state index contributed by atoms with van der Waals surface area (Å²) in [6.07, 6.45) is 4.49. The molecule has 122 valence electrons. The fraction of sp³-hybridized carbons (Fsp3) is 0.600. The second-order valence-electron chi connectivity index (χ2n) is 6.47. The maximum Gasteiger partial charge on any atom is 0.269 e. The van der Waals surface area contributed by atoms with E-state index in [1.54, 1.807) is 6.07 Å². The van der Waals surface area contributed by atoms with Crippen LogP contribution >= 0.6 is 0 Å². The minimum absolute atomic E-state index is 0.295. The molecule has 4 rings (SSSR count). The van der Waals surface area contributed by atoms with E-state index in [1.807, 2.05) is 0 Å². The van der Waals surface area contributed by atoms with E-state index in [-0.39, 0.29) is 0 Å².